The zero-order chi connectivity index (χ0) is 19.2. The fourth-order valence-electron chi connectivity index (χ4n) is 3.03. The van der Waals surface area contributed by atoms with Gasteiger partial charge in [-0.2, -0.15) is 0 Å². The summed E-state index contributed by atoms with van der Waals surface area (Å²) >= 11 is 0. The van der Waals surface area contributed by atoms with Crippen LogP contribution in [0.1, 0.15) is 22.3 Å². The topological polar surface area (TPSA) is 35.5 Å². The van der Waals surface area contributed by atoms with Gasteiger partial charge in [0.25, 0.3) is 0 Å². The summed E-state index contributed by atoms with van der Waals surface area (Å²) in [6.07, 6.45) is 0.994. The zero-order valence-electron chi connectivity index (χ0n) is 16.5. The maximum absolute atomic E-state index is 12.4. The molecule has 0 N–H and O–H groups in total. The summed E-state index contributed by atoms with van der Waals surface area (Å²) in [6.45, 7) is 12.0. The summed E-state index contributed by atoms with van der Waals surface area (Å²) in [6, 6.07) is 17.8. The summed E-state index contributed by atoms with van der Waals surface area (Å²) in [7, 11) is -3.07. The zero-order valence-corrected chi connectivity index (χ0v) is 18.5. The minimum Gasteiger partial charge on any atom is -0.494 e. The van der Waals surface area contributed by atoms with Crippen LogP contribution in [0.4, 0.5) is 0 Å². The van der Waals surface area contributed by atoms with Gasteiger partial charge >= 0.3 is 0 Å². The van der Waals surface area contributed by atoms with E-state index in [1.807, 2.05) is 54.6 Å². The van der Waals surface area contributed by atoms with Gasteiger partial charge in [0.15, 0.2) is 22.4 Å². The van der Waals surface area contributed by atoms with E-state index in [-0.39, 0.29) is 5.78 Å². The second-order valence-electron chi connectivity index (χ2n) is 8.15. The molecule has 0 aliphatic carbocycles. The average molecular weight is 387 g/mol. The van der Waals surface area contributed by atoms with Crippen molar-refractivity contribution >= 4 is 22.4 Å². The minimum absolute atomic E-state index is 0.0356. The normalized spacial score (nSPS) is 12.0. The quantitative estimate of drug-likeness (QED) is 0.313. The Labute approximate surface area is 159 Å². The molecule has 0 radical (unpaired) electrons. The van der Waals surface area contributed by atoms with Crippen LogP contribution in [0.25, 0.3) is 0 Å². The molecule has 0 amide bonds. The summed E-state index contributed by atoms with van der Waals surface area (Å²) in [4.78, 5) is 12.4. The number of hydrogen-bond acceptors (Lipinski definition) is 3. The summed E-state index contributed by atoms with van der Waals surface area (Å²) < 4.78 is 12.2. The molecule has 0 heterocycles. The second-order valence-corrected chi connectivity index (χ2v) is 17.2. The predicted octanol–water partition coefficient (Wildman–Crippen LogP) is 5.74. The van der Waals surface area contributed by atoms with Crippen molar-refractivity contribution in [2.24, 2.45) is 0 Å². The van der Waals surface area contributed by atoms with Crippen LogP contribution >= 0.6 is 0 Å². The molecule has 5 heteroatoms. The van der Waals surface area contributed by atoms with Gasteiger partial charge in [-0.05, 0) is 69.5 Å². The minimum atomic E-state index is -1.60. The summed E-state index contributed by atoms with van der Waals surface area (Å²) in [5.41, 5.74) is 1.39. The van der Waals surface area contributed by atoms with E-state index in [1.165, 1.54) is 0 Å². The monoisotopic (exact) mass is 386 g/mol. The van der Waals surface area contributed by atoms with Crippen molar-refractivity contribution in [3.8, 4) is 5.75 Å². The molecule has 0 aromatic heterocycles. The largest absolute Gasteiger partial charge is 0.494 e. The highest BCUT2D eigenvalue weighted by molar-refractivity contribution is 6.84. The maximum atomic E-state index is 12.4. The van der Waals surface area contributed by atoms with Gasteiger partial charge in [0.2, 0.25) is 0 Å². The molecule has 26 heavy (non-hydrogen) atoms. The van der Waals surface area contributed by atoms with Crippen molar-refractivity contribution in [2.75, 3.05) is 6.61 Å². The number of hydrogen-bond donors (Lipinski definition) is 0. The standard InChI is InChI=1S/C21H30O3Si2/c1-25(2,3)24-26(4,5)17-9-16-23-20-14-12-19(13-15-20)21(22)18-10-7-6-8-11-18/h6-8,10-15H,9,16-17H2,1-5H3. The molecule has 2 aromatic rings. The highest BCUT2D eigenvalue weighted by Gasteiger charge is 2.28. The van der Waals surface area contributed by atoms with Crippen LogP contribution in [0.5, 0.6) is 5.75 Å². The lowest BCUT2D eigenvalue weighted by Crippen LogP contribution is -2.42. The Bertz CT molecular complexity index is 704. The Morgan fingerprint density at radius 1 is 0.846 bits per heavy atom. The first-order chi connectivity index (χ1) is 12.2. The van der Waals surface area contributed by atoms with Crippen molar-refractivity contribution in [1.29, 1.82) is 0 Å². The average Bonchev–Trinajstić information content (AvgIpc) is 2.57. The van der Waals surface area contributed by atoms with Gasteiger partial charge in [-0.1, -0.05) is 30.3 Å². The van der Waals surface area contributed by atoms with Gasteiger partial charge in [0.1, 0.15) is 5.75 Å². The summed E-state index contributed by atoms with van der Waals surface area (Å²) in [5, 5.41) is 0. The van der Waals surface area contributed by atoms with Crippen molar-refractivity contribution in [3.05, 3.63) is 65.7 Å². The number of carbonyl (C=O) groups is 1. The number of rotatable bonds is 9. The first-order valence-electron chi connectivity index (χ1n) is 9.19. The lowest BCUT2D eigenvalue weighted by Gasteiger charge is -2.31. The Morgan fingerprint density at radius 2 is 1.42 bits per heavy atom. The molecule has 0 aliphatic heterocycles. The smallest absolute Gasteiger partial charge is 0.193 e. The highest BCUT2D eigenvalue weighted by Crippen LogP contribution is 2.21. The molecule has 0 bridgehead atoms. The van der Waals surface area contributed by atoms with Crippen molar-refractivity contribution in [1.82, 2.24) is 0 Å². The van der Waals surface area contributed by atoms with E-state index in [1.54, 1.807) is 0 Å². The van der Waals surface area contributed by atoms with E-state index < -0.39 is 16.6 Å². The van der Waals surface area contributed by atoms with Gasteiger partial charge in [-0.3, -0.25) is 4.79 Å². The van der Waals surface area contributed by atoms with Crippen LogP contribution in [0.2, 0.25) is 38.8 Å². The van der Waals surface area contributed by atoms with Gasteiger partial charge in [-0.25, -0.2) is 0 Å². The van der Waals surface area contributed by atoms with Crippen LogP contribution in [-0.4, -0.2) is 29.0 Å². The number of ketones is 1. The molecule has 0 spiro atoms. The SMILES string of the molecule is C[Si](C)(C)O[Si](C)(C)CCCOc1ccc(C(=O)c2ccccc2)cc1. The number of carbonyl (C=O) groups excluding carboxylic acids is 1. The Hall–Kier alpha value is -1.70. The van der Waals surface area contributed by atoms with Crippen LogP contribution in [0.3, 0.4) is 0 Å². The van der Waals surface area contributed by atoms with Crippen LogP contribution in [0.15, 0.2) is 54.6 Å². The van der Waals surface area contributed by atoms with E-state index in [4.69, 9.17) is 8.85 Å². The van der Waals surface area contributed by atoms with Crippen molar-refractivity contribution < 1.29 is 13.6 Å². The lowest BCUT2D eigenvalue weighted by molar-refractivity contribution is 0.103. The van der Waals surface area contributed by atoms with E-state index in [2.05, 4.69) is 32.7 Å². The molecular formula is C21H30O3Si2. The molecule has 2 rings (SSSR count). The molecule has 3 nitrogen and oxygen atoms in total. The van der Waals surface area contributed by atoms with E-state index in [9.17, 15) is 4.79 Å². The molecule has 0 saturated carbocycles. The number of benzene rings is 2. The van der Waals surface area contributed by atoms with Crippen LogP contribution < -0.4 is 4.74 Å². The van der Waals surface area contributed by atoms with Gasteiger partial charge in [-0.15, -0.1) is 0 Å². The molecule has 140 valence electrons. The van der Waals surface area contributed by atoms with E-state index >= 15 is 0 Å². The Morgan fingerprint density at radius 3 is 2.00 bits per heavy atom. The number of ether oxygens (including phenoxy) is 1. The third-order valence-electron chi connectivity index (χ3n) is 3.93. The first-order valence-corrected chi connectivity index (χ1v) is 15.7. The van der Waals surface area contributed by atoms with E-state index in [0.717, 1.165) is 18.2 Å². The third kappa shape index (κ3) is 6.90. The molecule has 0 fully saturated rings. The molecule has 0 aliphatic rings. The lowest BCUT2D eigenvalue weighted by atomic mass is 10.0. The highest BCUT2D eigenvalue weighted by atomic mass is 28.4. The molecule has 0 saturated heterocycles. The van der Waals surface area contributed by atoms with Gasteiger partial charge in [0.05, 0.1) is 6.61 Å². The van der Waals surface area contributed by atoms with Crippen LogP contribution in [-0.2, 0) is 4.12 Å². The molecular weight excluding hydrogens is 356 g/mol. The Balaban J connectivity index is 1.82. The van der Waals surface area contributed by atoms with Crippen molar-refractivity contribution in [3.63, 3.8) is 0 Å². The fourth-order valence-corrected chi connectivity index (χ4v) is 11.1. The molecule has 2 aromatic carbocycles. The Kier molecular flexibility index (Phi) is 6.97. The maximum Gasteiger partial charge on any atom is 0.193 e. The van der Waals surface area contributed by atoms with Crippen LogP contribution in [0, 0.1) is 0 Å². The fraction of sp³-hybridized carbons (Fsp3) is 0.381. The molecule has 0 unspecified atom stereocenters. The predicted molar refractivity (Wildman–Crippen MR) is 113 cm³/mol. The summed E-state index contributed by atoms with van der Waals surface area (Å²) in [5.74, 6) is 0.841. The molecule has 0 atom stereocenters. The van der Waals surface area contributed by atoms with Crippen molar-refractivity contribution in [2.45, 2.75) is 45.2 Å². The second kappa shape index (κ2) is 8.80. The van der Waals surface area contributed by atoms with Gasteiger partial charge < -0.3 is 8.85 Å². The van der Waals surface area contributed by atoms with E-state index in [0.29, 0.717) is 17.7 Å². The first kappa shape index (κ1) is 20.6. The third-order valence-corrected chi connectivity index (χ3v) is 10.1. The van der Waals surface area contributed by atoms with Gasteiger partial charge in [0, 0.05) is 11.1 Å².